The first-order valence-corrected chi connectivity index (χ1v) is 6.59. The van der Waals surface area contributed by atoms with Gasteiger partial charge in [-0.2, -0.15) is 0 Å². The van der Waals surface area contributed by atoms with Crippen LogP contribution in [0.15, 0.2) is 30.6 Å². The van der Waals surface area contributed by atoms with Gasteiger partial charge in [-0.1, -0.05) is 18.2 Å². The molecular formula is C15H18N4. The zero-order valence-electron chi connectivity index (χ0n) is 11.5. The predicted molar refractivity (Wildman–Crippen MR) is 78.1 cm³/mol. The molecule has 1 N–H and O–H groups in total. The highest BCUT2D eigenvalue weighted by Gasteiger charge is 2.29. The van der Waals surface area contributed by atoms with E-state index in [1.807, 2.05) is 7.05 Å². The number of nitrogens with zero attached hydrogens (tertiary/aromatic N) is 3. The maximum atomic E-state index is 4.49. The van der Waals surface area contributed by atoms with Crippen LogP contribution in [0.4, 0.5) is 17.3 Å². The highest BCUT2D eigenvalue weighted by atomic mass is 15.2. The molecule has 4 heteroatoms. The maximum absolute atomic E-state index is 4.49. The van der Waals surface area contributed by atoms with Crippen LogP contribution < -0.4 is 10.2 Å². The lowest BCUT2D eigenvalue weighted by molar-refractivity contribution is 0.747. The lowest BCUT2D eigenvalue weighted by Gasteiger charge is -2.25. The van der Waals surface area contributed by atoms with Crippen LogP contribution in [-0.2, 0) is 6.42 Å². The van der Waals surface area contributed by atoms with E-state index in [1.165, 1.54) is 11.3 Å². The number of anilines is 3. The van der Waals surface area contributed by atoms with E-state index >= 15 is 0 Å². The summed E-state index contributed by atoms with van der Waals surface area (Å²) >= 11 is 0. The quantitative estimate of drug-likeness (QED) is 0.894. The number of para-hydroxylation sites is 1. The number of nitrogens with one attached hydrogen (secondary N) is 1. The Hall–Kier alpha value is -2.10. The van der Waals surface area contributed by atoms with Gasteiger partial charge >= 0.3 is 0 Å². The number of benzene rings is 1. The fourth-order valence-electron chi connectivity index (χ4n) is 2.82. The average molecular weight is 254 g/mol. The van der Waals surface area contributed by atoms with E-state index in [9.17, 15) is 0 Å². The largest absolute Gasteiger partial charge is 0.373 e. The summed E-state index contributed by atoms with van der Waals surface area (Å²) in [6.45, 7) is 4.30. The molecule has 0 spiro atoms. The number of aromatic nitrogens is 2. The molecule has 1 aliphatic heterocycles. The van der Waals surface area contributed by atoms with E-state index in [-0.39, 0.29) is 0 Å². The first-order chi connectivity index (χ1) is 9.22. The van der Waals surface area contributed by atoms with Gasteiger partial charge in [-0.15, -0.1) is 0 Å². The monoisotopic (exact) mass is 254 g/mol. The third-order valence-corrected chi connectivity index (χ3v) is 3.73. The van der Waals surface area contributed by atoms with Gasteiger partial charge in [-0.3, -0.25) is 0 Å². The Morgan fingerprint density at radius 3 is 2.84 bits per heavy atom. The average Bonchev–Trinajstić information content (AvgIpc) is 2.75. The molecule has 2 heterocycles. The van der Waals surface area contributed by atoms with Crippen molar-refractivity contribution in [2.75, 3.05) is 17.3 Å². The van der Waals surface area contributed by atoms with Crippen LogP contribution in [-0.4, -0.2) is 23.1 Å². The van der Waals surface area contributed by atoms with E-state index in [2.05, 4.69) is 58.3 Å². The highest BCUT2D eigenvalue weighted by Crippen LogP contribution is 2.39. The molecule has 1 aliphatic rings. The van der Waals surface area contributed by atoms with Crippen molar-refractivity contribution in [3.05, 3.63) is 41.7 Å². The number of fused-ring (bicyclic) bond motifs is 1. The van der Waals surface area contributed by atoms with Gasteiger partial charge in [0.1, 0.15) is 18.0 Å². The Morgan fingerprint density at radius 2 is 2.05 bits per heavy atom. The second kappa shape index (κ2) is 4.53. The van der Waals surface area contributed by atoms with Gasteiger partial charge in [-0.25, -0.2) is 9.97 Å². The standard InChI is InChI=1S/C15H18N4/c1-10-8-12-6-4-5-7-13(12)19(10)15-11(2)14(16-3)17-9-18-15/h4-7,9-10H,8H2,1-3H3,(H,16,17,18). The summed E-state index contributed by atoms with van der Waals surface area (Å²) in [6, 6.07) is 8.97. The second-order valence-corrected chi connectivity index (χ2v) is 4.97. The predicted octanol–water partition coefficient (Wildman–Crippen LogP) is 2.91. The van der Waals surface area contributed by atoms with E-state index < -0.39 is 0 Å². The summed E-state index contributed by atoms with van der Waals surface area (Å²) in [6.07, 6.45) is 2.69. The van der Waals surface area contributed by atoms with Gasteiger partial charge in [0.15, 0.2) is 0 Å². The number of hydrogen-bond donors (Lipinski definition) is 1. The van der Waals surface area contributed by atoms with Gasteiger partial charge in [0.05, 0.1) is 0 Å². The van der Waals surface area contributed by atoms with Gasteiger partial charge in [0.25, 0.3) is 0 Å². The van der Waals surface area contributed by atoms with Gasteiger partial charge in [0, 0.05) is 24.3 Å². The summed E-state index contributed by atoms with van der Waals surface area (Å²) < 4.78 is 0. The van der Waals surface area contributed by atoms with Crippen molar-refractivity contribution in [1.82, 2.24) is 9.97 Å². The Balaban J connectivity index is 2.12. The van der Waals surface area contributed by atoms with Crippen LogP contribution in [0.1, 0.15) is 18.1 Å². The molecular weight excluding hydrogens is 236 g/mol. The molecule has 98 valence electrons. The lowest BCUT2D eigenvalue weighted by atomic mass is 10.1. The molecule has 0 saturated carbocycles. The molecule has 19 heavy (non-hydrogen) atoms. The van der Waals surface area contributed by atoms with Crippen LogP contribution >= 0.6 is 0 Å². The lowest BCUT2D eigenvalue weighted by Crippen LogP contribution is -2.26. The molecule has 0 bridgehead atoms. The Labute approximate surface area is 113 Å². The molecule has 1 aromatic carbocycles. The van der Waals surface area contributed by atoms with Crippen LogP contribution in [0, 0.1) is 6.92 Å². The fourth-order valence-corrected chi connectivity index (χ4v) is 2.82. The van der Waals surface area contributed by atoms with Crippen molar-refractivity contribution in [3.8, 4) is 0 Å². The number of rotatable bonds is 2. The first-order valence-electron chi connectivity index (χ1n) is 6.59. The van der Waals surface area contributed by atoms with E-state index in [0.29, 0.717) is 6.04 Å². The SMILES string of the molecule is CNc1ncnc(N2c3ccccc3CC2C)c1C. The smallest absolute Gasteiger partial charge is 0.141 e. The van der Waals surface area contributed by atoms with E-state index in [1.54, 1.807) is 6.33 Å². The van der Waals surface area contributed by atoms with Crippen molar-refractivity contribution in [3.63, 3.8) is 0 Å². The molecule has 4 nitrogen and oxygen atoms in total. The molecule has 1 atom stereocenters. The summed E-state index contributed by atoms with van der Waals surface area (Å²) in [4.78, 5) is 11.1. The third kappa shape index (κ3) is 1.84. The molecule has 3 rings (SSSR count). The highest BCUT2D eigenvalue weighted by molar-refractivity contribution is 5.72. The molecule has 1 aromatic heterocycles. The molecule has 0 radical (unpaired) electrons. The molecule has 0 aliphatic carbocycles. The van der Waals surface area contributed by atoms with Crippen LogP contribution in [0.2, 0.25) is 0 Å². The summed E-state index contributed by atoms with van der Waals surface area (Å²) in [5, 5.41) is 3.12. The first kappa shape index (κ1) is 12.0. The number of hydrogen-bond acceptors (Lipinski definition) is 4. The Bertz CT molecular complexity index is 609. The fraction of sp³-hybridized carbons (Fsp3) is 0.333. The van der Waals surface area contributed by atoms with Crippen molar-refractivity contribution >= 4 is 17.3 Å². The van der Waals surface area contributed by atoms with Crippen LogP contribution in [0.25, 0.3) is 0 Å². The molecule has 2 aromatic rings. The minimum Gasteiger partial charge on any atom is -0.373 e. The van der Waals surface area contributed by atoms with Crippen LogP contribution in [0.3, 0.4) is 0 Å². The van der Waals surface area contributed by atoms with Crippen molar-refractivity contribution in [1.29, 1.82) is 0 Å². The zero-order valence-corrected chi connectivity index (χ0v) is 11.5. The Morgan fingerprint density at radius 1 is 1.26 bits per heavy atom. The van der Waals surface area contributed by atoms with Gasteiger partial charge in [0.2, 0.25) is 0 Å². The van der Waals surface area contributed by atoms with Crippen molar-refractivity contribution in [2.45, 2.75) is 26.3 Å². The summed E-state index contributed by atoms with van der Waals surface area (Å²) in [5.74, 6) is 1.89. The zero-order chi connectivity index (χ0) is 13.4. The van der Waals surface area contributed by atoms with E-state index in [0.717, 1.165) is 23.6 Å². The third-order valence-electron chi connectivity index (χ3n) is 3.73. The van der Waals surface area contributed by atoms with Crippen molar-refractivity contribution < 1.29 is 0 Å². The molecule has 0 fully saturated rings. The van der Waals surface area contributed by atoms with E-state index in [4.69, 9.17) is 0 Å². The van der Waals surface area contributed by atoms with Crippen LogP contribution in [0.5, 0.6) is 0 Å². The molecule has 0 amide bonds. The second-order valence-electron chi connectivity index (χ2n) is 4.97. The van der Waals surface area contributed by atoms with Gasteiger partial charge in [-0.05, 0) is 31.9 Å². The maximum Gasteiger partial charge on any atom is 0.141 e. The molecule has 0 saturated heterocycles. The summed E-state index contributed by atoms with van der Waals surface area (Å²) in [7, 11) is 1.89. The van der Waals surface area contributed by atoms with Crippen molar-refractivity contribution in [2.24, 2.45) is 0 Å². The minimum atomic E-state index is 0.427. The van der Waals surface area contributed by atoms with Gasteiger partial charge < -0.3 is 10.2 Å². The molecule has 1 unspecified atom stereocenters. The Kier molecular flexibility index (Phi) is 2.85. The minimum absolute atomic E-state index is 0.427. The summed E-state index contributed by atoms with van der Waals surface area (Å²) in [5.41, 5.74) is 3.74. The normalized spacial score (nSPS) is 17.4. The topological polar surface area (TPSA) is 41.1 Å².